The highest BCUT2D eigenvalue weighted by molar-refractivity contribution is 7.92. The average Bonchev–Trinajstić information content (AvgIpc) is 2.25. The van der Waals surface area contributed by atoms with Crippen molar-refractivity contribution in [3.05, 3.63) is 23.8 Å². The molecule has 0 unspecified atom stereocenters. The van der Waals surface area contributed by atoms with Crippen LogP contribution in [0.4, 0.5) is 5.69 Å². The van der Waals surface area contributed by atoms with Gasteiger partial charge in [0, 0.05) is 6.54 Å². The standard InChI is InChI=1S/C13H22N2O3S/c1-13(2,3)9-19(16,17)15-12-10(8-14)6-5-7-11(12)18-4/h5-7,15H,8-9,14H2,1-4H3. The van der Waals surface area contributed by atoms with Gasteiger partial charge in [-0.2, -0.15) is 0 Å². The number of nitrogens with two attached hydrogens (primary N) is 1. The number of ether oxygens (including phenoxy) is 1. The number of benzene rings is 1. The maximum Gasteiger partial charge on any atom is 0.233 e. The fourth-order valence-corrected chi connectivity index (χ4v) is 3.55. The van der Waals surface area contributed by atoms with E-state index in [9.17, 15) is 8.42 Å². The van der Waals surface area contributed by atoms with E-state index in [-0.39, 0.29) is 17.7 Å². The van der Waals surface area contributed by atoms with Crippen LogP contribution in [-0.2, 0) is 16.6 Å². The summed E-state index contributed by atoms with van der Waals surface area (Å²) < 4.78 is 32.1. The van der Waals surface area contributed by atoms with Gasteiger partial charge in [0.05, 0.1) is 18.6 Å². The molecule has 0 heterocycles. The van der Waals surface area contributed by atoms with Crippen LogP contribution in [0.5, 0.6) is 5.75 Å². The first kappa shape index (κ1) is 15.8. The number of hydrogen-bond acceptors (Lipinski definition) is 4. The Balaban J connectivity index is 3.11. The maximum absolute atomic E-state index is 12.1. The van der Waals surface area contributed by atoms with Gasteiger partial charge in [0.1, 0.15) is 5.75 Å². The van der Waals surface area contributed by atoms with Crippen LogP contribution in [0, 0.1) is 5.41 Å². The predicted octanol–water partition coefficient (Wildman–Crippen LogP) is 1.94. The van der Waals surface area contributed by atoms with E-state index in [2.05, 4.69) is 4.72 Å². The number of methoxy groups -OCH3 is 1. The Kier molecular flexibility index (Phi) is 4.81. The fourth-order valence-electron chi connectivity index (χ4n) is 1.79. The second kappa shape index (κ2) is 5.79. The number of hydrogen-bond donors (Lipinski definition) is 2. The molecule has 0 aliphatic carbocycles. The Bertz CT molecular complexity index is 511. The lowest BCUT2D eigenvalue weighted by Crippen LogP contribution is -2.27. The second-order valence-corrected chi connectivity index (χ2v) is 7.34. The van der Waals surface area contributed by atoms with E-state index in [1.165, 1.54) is 7.11 Å². The quantitative estimate of drug-likeness (QED) is 0.866. The molecule has 0 fully saturated rings. The summed E-state index contributed by atoms with van der Waals surface area (Å²) >= 11 is 0. The zero-order valence-corrected chi connectivity index (χ0v) is 12.7. The molecule has 0 atom stereocenters. The van der Waals surface area contributed by atoms with Gasteiger partial charge < -0.3 is 10.5 Å². The van der Waals surface area contributed by atoms with Crippen molar-refractivity contribution in [1.82, 2.24) is 0 Å². The van der Waals surface area contributed by atoms with Gasteiger partial charge in [-0.25, -0.2) is 8.42 Å². The summed E-state index contributed by atoms with van der Waals surface area (Å²) in [4.78, 5) is 0. The molecule has 108 valence electrons. The zero-order chi connectivity index (χ0) is 14.7. The van der Waals surface area contributed by atoms with Crippen LogP contribution in [0.3, 0.4) is 0 Å². The van der Waals surface area contributed by atoms with E-state index in [1.807, 2.05) is 20.8 Å². The van der Waals surface area contributed by atoms with Gasteiger partial charge in [-0.1, -0.05) is 32.9 Å². The molecule has 1 aromatic rings. The van der Waals surface area contributed by atoms with Crippen molar-refractivity contribution < 1.29 is 13.2 Å². The van der Waals surface area contributed by atoms with E-state index in [1.54, 1.807) is 18.2 Å². The molecule has 0 radical (unpaired) electrons. The van der Waals surface area contributed by atoms with Crippen molar-refractivity contribution in [3.8, 4) is 5.75 Å². The lowest BCUT2D eigenvalue weighted by Gasteiger charge is -2.20. The van der Waals surface area contributed by atoms with Gasteiger partial charge in [-0.15, -0.1) is 0 Å². The van der Waals surface area contributed by atoms with E-state index in [4.69, 9.17) is 10.5 Å². The molecule has 0 bridgehead atoms. The zero-order valence-electron chi connectivity index (χ0n) is 11.9. The van der Waals surface area contributed by atoms with E-state index in [0.717, 1.165) is 0 Å². The van der Waals surface area contributed by atoms with Gasteiger partial charge in [0.25, 0.3) is 0 Å². The first-order valence-corrected chi connectivity index (χ1v) is 7.70. The van der Waals surface area contributed by atoms with Crippen LogP contribution in [-0.4, -0.2) is 21.3 Å². The third-order valence-electron chi connectivity index (χ3n) is 2.43. The first-order valence-electron chi connectivity index (χ1n) is 6.05. The number of sulfonamides is 1. The number of para-hydroxylation sites is 1. The van der Waals surface area contributed by atoms with Crippen molar-refractivity contribution >= 4 is 15.7 Å². The predicted molar refractivity (Wildman–Crippen MR) is 77.7 cm³/mol. The Morgan fingerprint density at radius 1 is 1.32 bits per heavy atom. The minimum atomic E-state index is -3.44. The molecular weight excluding hydrogens is 264 g/mol. The fraction of sp³-hybridized carbons (Fsp3) is 0.538. The summed E-state index contributed by atoms with van der Waals surface area (Å²) in [6.45, 7) is 5.86. The highest BCUT2D eigenvalue weighted by Gasteiger charge is 2.23. The average molecular weight is 286 g/mol. The minimum absolute atomic E-state index is 0.0298. The van der Waals surface area contributed by atoms with Crippen LogP contribution in [0.2, 0.25) is 0 Å². The number of nitrogens with one attached hydrogen (secondary N) is 1. The third-order valence-corrected chi connectivity index (χ3v) is 4.19. The van der Waals surface area contributed by atoms with Crippen molar-refractivity contribution in [2.75, 3.05) is 17.6 Å². The lowest BCUT2D eigenvalue weighted by atomic mass is 10.0. The molecule has 0 aromatic heterocycles. The normalized spacial score (nSPS) is 12.3. The molecule has 0 aliphatic heterocycles. The molecule has 3 N–H and O–H groups in total. The largest absolute Gasteiger partial charge is 0.495 e. The van der Waals surface area contributed by atoms with Gasteiger partial charge in [0.2, 0.25) is 10.0 Å². The molecular formula is C13H22N2O3S. The Labute approximate surface area is 115 Å². The van der Waals surface area contributed by atoms with Crippen LogP contribution in [0.15, 0.2) is 18.2 Å². The monoisotopic (exact) mass is 286 g/mol. The topological polar surface area (TPSA) is 81.4 Å². The highest BCUT2D eigenvalue weighted by Crippen LogP contribution is 2.30. The SMILES string of the molecule is COc1cccc(CN)c1NS(=O)(=O)CC(C)(C)C. The molecule has 5 nitrogen and oxygen atoms in total. The summed E-state index contributed by atoms with van der Waals surface area (Å²) in [5.74, 6) is 0.502. The highest BCUT2D eigenvalue weighted by atomic mass is 32.2. The number of rotatable bonds is 5. The van der Waals surface area contributed by atoms with Crippen molar-refractivity contribution in [2.24, 2.45) is 11.1 Å². The minimum Gasteiger partial charge on any atom is -0.495 e. The van der Waals surface area contributed by atoms with Crippen LogP contribution < -0.4 is 15.2 Å². The third kappa shape index (κ3) is 4.72. The molecule has 1 aromatic carbocycles. The molecule has 0 amide bonds. The summed E-state index contributed by atoms with van der Waals surface area (Å²) in [7, 11) is -1.95. The summed E-state index contributed by atoms with van der Waals surface area (Å²) in [6, 6.07) is 5.26. The van der Waals surface area contributed by atoms with Crippen molar-refractivity contribution in [2.45, 2.75) is 27.3 Å². The summed E-state index contributed by atoms with van der Waals surface area (Å²) in [5, 5.41) is 0. The molecule has 0 saturated carbocycles. The second-order valence-electron chi connectivity index (χ2n) is 5.62. The summed E-state index contributed by atoms with van der Waals surface area (Å²) in [5.41, 5.74) is 6.44. The van der Waals surface area contributed by atoms with Crippen LogP contribution >= 0.6 is 0 Å². The lowest BCUT2D eigenvalue weighted by molar-refractivity contribution is 0.416. The smallest absolute Gasteiger partial charge is 0.233 e. The molecule has 6 heteroatoms. The molecule has 0 saturated heterocycles. The maximum atomic E-state index is 12.1. The van der Waals surface area contributed by atoms with E-state index >= 15 is 0 Å². The van der Waals surface area contributed by atoms with Crippen LogP contribution in [0.25, 0.3) is 0 Å². The molecule has 0 spiro atoms. The van der Waals surface area contributed by atoms with E-state index < -0.39 is 10.0 Å². The Morgan fingerprint density at radius 3 is 2.42 bits per heavy atom. The summed E-state index contributed by atoms with van der Waals surface area (Å²) in [6.07, 6.45) is 0. The molecule has 0 aliphatic rings. The Hall–Kier alpha value is -1.27. The van der Waals surface area contributed by atoms with Gasteiger partial charge >= 0.3 is 0 Å². The van der Waals surface area contributed by atoms with E-state index in [0.29, 0.717) is 17.0 Å². The van der Waals surface area contributed by atoms with Crippen molar-refractivity contribution in [1.29, 1.82) is 0 Å². The Morgan fingerprint density at radius 2 is 1.95 bits per heavy atom. The van der Waals surface area contributed by atoms with Gasteiger partial charge in [-0.05, 0) is 17.0 Å². The molecule has 19 heavy (non-hydrogen) atoms. The van der Waals surface area contributed by atoms with Gasteiger partial charge in [0.15, 0.2) is 0 Å². The molecule has 1 rings (SSSR count). The van der Waals surface area contributed by atoms with Crippen LogP contribution in [0.1, 0.15) is 26.3 Å². The number of anilines is 1. The van der Waals surface area contributed by atoms with Crippen molar-refractivity contribution in [3.63, 3.8) is 0 Å². The first-order chi connectivity index (χ1) is 8.68. The van der Waals surface area contributed by atoms with Gasteiger partial charge in [-0.3, -0.25) is 4.72 Å².